The molecule has 5 nitrogen and oxygen atoms in total. The van der Waals surface area contributed by atoms with Crippen LogP contribution >= 0.6 is 11.6 Å². The molecule has 0 amide bonds. The highest BCUT2D eigenvalue weighted by Gasteiger charge is 2.06. The van der Waals surface area contributed by atoms with Crippen molar-refractivity contribution in [2.45, 2.75) is 0 Å². The Balaban J connectivity index is 2.88. The number of fused-ring (bicyclic) bond motifs is 1. The number of halogens is 1. The Hall–Kier alpha value is -1.49. The largest absolute Gasteiger partial charge is 0.492 e. The van der Waals surface area contributed by atoms with Crippen molar-refractivity contribution in [1.82, 2.24) is 14.6 Å². The lowest BCUT2D eigenvalue weighted by atomic mass is 10.5. The average molecular weight is 186 g/mol. The van der Waals surface area contributed by atoms with Crippen LogP contribution in [0.1, 0.15) is 0 Å². The number of aromatic hydroxyl groups is 2. The molecule has 2 heterocycles. The minimum absolute atomic E-state index is 0.297. The Morgan fingerprint density at radius 2 is 2.17 bits per heavy atom. The number of rotatable bonds is 0. The molecule has 2 rings (SSSR count). The van der Waals surface area contributed by atoms with Crippen molar-refractivity contribution in [3.05, 3.63) is 17.3 Å². The van der Waals surface area contributed by atoms with E-state index >= 15 is 0 Å². The molecule has 0 fully saturated rings. The van der Waals surface area contributed by atoms with Gasteiger partial charge in [-0.2, -0.15) is 4.98 Å². The molecule has 2 aromatic heterocycles. The molecule has 0 atom stereocenters. The summed E-state index contributed by atoms with van der Waals surface area (Å²) in [6.07, 6.45) is 1.46. The molecule has 2 aromatic rings. The Labute approximate surface area is 71.8 Å². The third kappa shape index (κ3) is 0.947. The van der Waals surface area contributed by atoms with Crippen molar-refractivity contribution in [1.29, 1.82) is 0 Å². The van der Waals surface area contributed by atoms with Gasteiger partial charge in [0, 0.05) is 6.20 Å². The van der Waals surface area contributed by atoms with Gasteiger partial charge in [-0.1, -0.05) is 11.6 Å². The molecule has 2 N–H and O–H groups in total. The van der Waals surface area contributed by atoms with Crippen LogP contribution in [-0.4, -0.2) is 24.8 Å². The summed E-state index contributed by atoms with van der Waals surface area (Å²) in [4.78, 5) is 3.34. The second kappa shape index (κ2) is 2.25. The van der Waals surface area contributed by atoms with Crippen molar-refractivity contribution in [3.63, 3.8) is 0 Å². The summed E-state index contributed by atoms with van der Waals surface area (Å²) in [6, 6.07) is 1.00. The zero-order valence-corrected chi connectivity index (χ0v) is 6.52. The van der Waals surface area contributed by atoms with Crippen LogP contribution in [0.5, 0.6) is 11.9 Å². The summed E-state index contributed by atoms with van der Waals surface area (Å²) < 4.78 is 1.25. The predicted octanol–water partition coefficient (Wildman–Crippen LogP) is 0.794. The Bertz CT molecular complexity index is 440. The molecule has 0 radical (unpaired) electrons. The van der Waals surface area contributed by atoms with Gasteiger partial charge in [-0.05, 0) is 6.07 Å². The zero-order valence-electron chi connectivity index (χ0n) is 5.77. The Kier molecular flexibility index (Phi) is 1.34. The standard InChI is InChI=1S/C6H4ClN3O2/c7-3-1-4-5(11)8-6(12)9-10(4)2-3/h1-2H,(H2,8,9,11,12). The van der Waals surface area contributed by atoms with Crippen molar-refractivity contribution < 1.29 is 10.2 Å². The van der Waals surface area contributed by atoms with Crippen LogP contribution in [0.15, 0.2) is 12.3 Å². The van der Waals surface area contributed by atoms with Crippen LogP contribution in [0, 0.1) is 0 Å². The van der Waals surface area contributed by atoms with Crippen LogP contribution < -0.4 is 0 Å². The first-order valence-corrected chi connectivity index (χ1v) is 3.48. The summed E-state index contributed by atoms with van der Waals surface area (Å²) in [6.45, 7) is 0. The van der Waals surface area contributed by atoms with Crippen LogP contribution in [-0.2, 0) is 0 Å². The molecule has 62 valence electrons. The summed E-state index contributed by atoms with van der Waals surface area (Å²) in [7, 11) is 0. The fraction of sp³-hybridized carbons (Fsp3) is 0. The molecule has 6 heteroatoms. The topological polar surface area (TPSA) is 70.7 Å². The molecule has 0 spiro atoms. The minimum Gasteiger partial charge on any atom is -0.492 e. The smallest absolute Gasteiger partial charge is 0.335 e. The minimum atomic E-state index is -0.493. The van der Waals surface area contributed by atoms with Gasteiger partial charge in [-0.25, -0.2) is 4.52 Å². The van der Waals surface area contributed by atoms with Gasteiger partial charge in [-0.3, -0.25) is 0 Å². The summed E-state index contributed by atoms with van der Waals surface area (Å²) in [5.41, 5.74) is 0.359. The highest BCUT2D eigenvalue weighted by molar-refractivity contribution is 6.31. The molecule has 0 saturated heterocycles. The number of hydrogen-bond donors (Lipinski definition) is 2. The van der Waals surface area contributed by atoms with Gasteiger partial charge in [0.2, 0.25) is 5.88 Å². The summed E-state index contributed by atoms with van der Waals surface area (Å²) >= 11 is 5.63. The van der Waals surface area contributed by atoms with Gasteiger partial charge in [0.25, 0.3) is 0 Å². The van der Waals surface area contributed by atoms with E-state index in [-0.39, 0.29) is 5.88 Å². The van der Waals surface area contributed by atoms with E-state index in [9.17, 15) is 5.11 Å². The average Bonchev–Trinajstić information content (AvgIpc) is 2.29. The quantitative estimate of drug-likeness (QED) is 0.637. The first-order chi connectivity index (χ1) is 5.66. The predicted molar refractivity (Wildman–Crippen MR) is 41.3 cm³/mol. The molecule has 0 aliphatic carbocycles. The SMILES string of the molecule is Oc1nc(O)c2cc(Cl)cn2n1. The monoisotopic (exact) mass is 185 g/mol. The highest BCUT2D eigenvalue weighted by Crippen LogP contribution is 2.21. The molecular weight excluding hydrogens is 182 g/mol. The van der Waals surface area contributed by atoms with Crippen LogP contribution in [0.3, 0.4) is 0 Å². The zero-order chi connectivity index (χ0) is 8.72. The van der Waals surface area contributed by atoms with E-state index in [1.165, 1.54) is 16.8 Å². The lowest BCUT2D eigenvalue weighted by Crippen LogP contribution is -1.91. The first-order valence-electron chi connectivity index (χ1n) is 3.10. The second-order valence-electron chi connectivity index (χ2n) is 2.22. The van der Waals surface area contributed by atoms with Gasteiger partial charge in [0.05, 0.1) is 5.02 Å². The van der Waals surface area contributed by atoms with Crippen molar-refractivity contribution >= 4 is 17.1 Å². The van der Waals surface area contributed by atoms with Crippen LogP contribution in [0.4, 0.5) is 0 Å². The lowest BCUT2D eigenvalue weighted by Gasteiger charge is -1.95. The molecule has 0 saturated carbocycles. The third-order valence-electron chi connectivity index (χ3n) is 1.40. The molecular formula is C6H4ClN3O2. The molecule has 12 heavy (non-hydrogen) atoms. The molecule has 0 aromatic carbocycles. The fourth-order valence-corrected chi connectivity index (χ4v) is 1.14. The summed E-state index contributed by atoms with van der Waals surface area (Å²) in [5.74, 6) is -0.297. The molecule has 0 aliphatic heterocycles. The maximum absolute atomic E-state index is 9.17. The van der Waals surface area contributed by atoms with Crippen molar-refractivity contribution in [3.8, 4) is 11.9 Å². The fourth-order valence-electron chi connectivity index (χ4n) is 0.941. The van der Waals surface area contributed by atoms with E-state index in [0.29, 0.717) is 10.5 Å². The Morgan fingerprint density at radius 3 is 2.92 bits per heavy atom. The van der Waals surface area contributed by atoms with Gasteiger partial charge in [0.15, 0.2) is 0 Å². The van der Waals surface area contributed by atoms with Gasteiger partial charge < -0.3 is 10.2 Å². The maximum Gasteiger partial charge on any atom is 0.335 e. The third-order valence-corrected chi connectivity index (χ3v) is 1.61. The first kappa shape index (κ1) is 7.17. The van der Waals surface area contributed by atoms with Gasteiger partial charge in [0.1, 0.15) is 5.52 Å². The number of hydrogen-bond acceptors (Lipinski definition) is 4. The van der Waals surface area contributed by atoms with E-state index in [4.69, 9.17) is 16.7 Å². The number of nitrogens with zero attached hydrogens (tertiary/aromatic N) is 3. The van der Waals surface area contributed by atoms with E-state index in [1.807, 2.05) is 0 Å². The Morgan fingerprint density at radius 1 is 1.42 bits per heavy atom. The van der Waals surface area contributed by atoms with Crippen LogP contribution in [0.2, 0.25) is 5.02 Å². The lowest BCUT2D eigenvalue weighted by molar-refractivity contribution is 0.389. The van der Waals surface area contributed by atoms with E-state index in [2.05, 4.69) is 10.1 Å². The normalized spacial score (nSPS) is 10.8. The van der Waals surface area contributed by atoms with Gasteiger partial charge in [-0.15, -0.1) is 5.10 Å². The molecule has 0 aliphatic rings. The second-order valence-corrected chi connectivity index (χ2v) is 2.66. The van der Waals surface area contributed by atoms with E-state index in [0.717, 1.165) is 0 Å². The number of aromatic nitrogens is 3. The van der Waals surface area contributed by atoms with Crippen molar-refractivity contribution in [2.24, 2.45) is 0 Å². The van der Waals surface area contributed by atoms with Crippen LogP contribution in [0.25, 0.3) is 5.52 Å². The molecule has 0 bridgehead atoms. The highest BCUT2D eigenvalue weighted by atomic mass is 35.5. The van der Waals surface area contributed by atoms with Gasteiger partial charge >= 0.3 is 6.01 Å². The van der Waals surface area contributed by atoms with E-state index < -0.39 is 6.01 Å². The van der Waals surface area contributed by atoms with Crippen molar-refractivity contribution in [2.75, 3.05) is 0 Å². The maximum atomic E-state index is 9.17. The van der Waals surface area contributed by atoms with E-state index in [1.54, 1.807) is 0 Å². The molecule has 0 unspecified atom stereocenters. The summed E-state index contributed by atoms with van der Waals surface area (Å²) in [5, 5.41) is 22.0.